The molecule has 0 atom stereocenters. The summed E-state index contributed by atoms with van der Waals surface area (Å²) in [7, 11) is 0. The van der Waals surface area contributed by atoms with Crippen LogP contribution in [0.3, 0.4) is 0 Å². The molecule has 0 saturated carbocycles. The Morgan fingerprint density at radius 1 is 0.971 bits per heavy atom. The highest BCUT2D eigenvalue weighted by atomic mass is 16.5. The molecule has 9 heteroatoms. The zero-order valence-corrected chi connectivity index (χ0v) is 20.1. The second-order valence-corrected chi connectivity index (χ2v) is 9.37. The molecule has 0 spiro atoms. The van der Waals surface area contributed by atoms with Crippen LogP contribution < -0.4 is 0 Å². The number of hydrogen-bond acceptors (Lipinski definition) is 6. The van der Waals surface area contributed by atoms with E-state index in [4.69, 9.17) is 9.15 Å². The minimum atomic E-state index is -0.511. The van der Waals surface area contributed by atoms with Gasteiger partial charge in [-0.1, -0.05) is 18.2 Å². The van der Waals surface area contributed by atoms with Crippen molar-refractivity contribution in [2.45, 2.75) is 51.6 Å². The summed E-state index contributed by atoms with van der Waals surface area (Å²) in [5.41, 5.74) is 1.87. The molecule has 1 N–H and O–H groups in total. The van der Waals surface area contributed by atoms with E-state index in [1.807, 2.05) is 35.4 Å². The first-order chi connectivity index (χ1) is 16.9. The number of aromatic amines is 1. The van der Waals surface area contributed by atoms with Gasteiger partial charge in [-0.2, -0.15) is 0 Å². The molecule has 0 unspecified atom stereocenters. The van der Waals surface area contributed by atoms with E-state index in [1.165, 1.54) is 0 Å². The van der Waals surface area contributed by atoms with E-state index in [2.05, 4.69) is 9.97 Å². The highest BCUT2D eigenvalue weighted by Gasteiger charge is 2.32. The van der Waals surface area contributed by atoms with Crippen LogP contribution in [0, 0.1) is 0 Å². The molecule has 1 aromatic carbocycles. The Bertz CT molecular complexity index is 1250. The van der Waals surface area contributed by atoms with E-state index in [0.717, 1.165) is 29.3 Å². The summed E-state index contributed by atoms with van der Waals surface area (Å²) < 4.78 is 12.1. The number of para-hydroxylation sites is 1. The van der Waals surface area contributed by atoms with Crippen molar-refractivity contribution in [3.05, 3.63) is 42.0 Å². The average Bonchev–Trinajstić information content (AvgIpc) is 3.49. The van der Waals surface area contributed by atoms with Gasteiger partial charge in [-0.25, -0.2) is 9.78 Å². The van der Waals surface area contributed by atoms with Gasteiger partial charge in [-0.05, 0) is 18.9 Å². The van der Waals surface area contributed by atoms with Crippen LogP contribution in [-0.2, 0) is 14.3 Å². The number of nitrogens with one attached hydrogen (secondary N) is 1. The summed E-state index contributed by atoms with van der Waals surface area (Å²) in [6.45, 7) is 5.55. The van der Waals surface area contributed by atoms with Crippen molar-refractivity contribution in [3.8, 4) is 11.3 Å². The molecule has 35 heavy (non-hydrogen) atoms. The third-order valence-electron chi connectivity index (χ3n) is 7.12. The number of carbonyl (C=O) groups is 3. The van der Waals surface area contributed by atoms with Crippen molar-refractivity contribution >= 4 is 28.7 Å². The number of esters is 1. The first-order valence-electron chi connectivity index (χ1n) is 12.2. The molecule has 2 fully saturated rings. The van der Waals surface area contributed by atoms with Crippen LogP contribution in [0.4, 0.5) is 0 Å². The standard InChI is InChI=1S/C26H30N4O5/c1-16(31)29-11-7-18(8-12-29)25-28-23(26(33)34-19-9-13-30(14-10-19)17(2)32)24(35-25)21-15-27-22-6-4-3-5-20(21)22/h3-6,15,18-19,27H,7-14H2,1-2H3. The van der Waals surface area contributed by atoms with Gasteiger partial charge in [-0.15, -0.1) is 0 Å². The van der Waals surface area contributed by atoms with Gasteiger partial charge in [0.25, 0.3) is 0 Å². The molecule has 2 aliphatic heterocycles. The maximum Gasteiger partial charge on any atom is 0.361 e. The molecule has 0 radical (unpaired) electrons. The summed E-state index contributed by atoms with van der Waals surface area (Å²) in [5, 5.41) is 0.936. The molecule has 2 amide bonds. The van der Waals surface area contributed by atoms with Gasteiger partial charge in [-0.3, -0.25) is 9.59 Å². The van der Waals surface area contributed by atoms with Crippen molar-refractivity contribution in [3.63, 3.8) is 0 Å². The number of amides is 2. The molecule has 2 aromatic heterocycles. The number of benzene rings is 1. The van der Waals surface area contributed by atoms with Crippen LogP contribution in [0.1, 0.15) is 61.8 Å². The van der Waals surface area contributed by atoms with Gasteiger partial charge >= 0.3 is 5.97 Å². The van der Waals surface area contributed by atoms with Crippen LogP contribution >= 0.6 is 0 Å². The van der Waals surface area contributed by atoms with Crippen LogP contribution in [0.25, 0.3) is 22.2 Å². The normalized spacial score (nSPS) is 17.7. The van der Waals surface area contributed by atoms with Crippen LogP contribution in [-0.4, -0.2) is 69.8 Å². The number of fused-ring (bicyclic) bond motifs is 1. The topological polar surface area (TPSA) is 109 Å². The molecule has 184 valence electrons. The molecule has 0 aliphatic carbocycles. The third kappa shape index (κ3) is 4.67. The Labute approximate surface area is 203 Å². The van der Waals surface area contributed by atoms with Crippen molar-refractivity contribution in [1.82, 2.24) is 19.8 Å². The number of carbonyl (C=O) groups excluding carboxylic acids is 3. The number of nitrogens with zero attached hydrogens (tertiary/aromatic N) is 3. The smallest absolute Gasteiger partial charge is 0.361 e. The first kappa shape index (κ1) is 23.1. The highest BCUT2D eigenvalue weighted by Crippen LogP contribution is 2.36. The predicted molar refractivity (Wildman–Crippen MR) is 129 cm³/mol. The molecule has 5 rings (SSSR count). The number of rotatable bonds is 4. The van der Waals surface area contributed by atoms with Gasteiger partial charge in [0.05, 0.1) is 0 Å². The minimum absolute atomic E-state index is 0.0231. The number of hydrogen-bond donors (Lipinski definition) is 1. The zero-order chi connectivity index (χ0) is 24.5. The number of aromatic nitrogens is 2. The second-order valence-electron chi connectivity index (χ2n) is 9.37. The van der Waals surface area contributed by atoms with E-state index >= 15 is 0 Å². The molecule has 3 aromatic rings. The van der Waals surface area contributed by atoms with E-state index in [0.29, 0.717) is 50.7 Å². The molecule has 0 bridgehead atoms. The molecule has 2 aliphatic rings. The number of H-pyrrole nitrogens is 1. The second kappa shape index (κ2) is 9.56. The highest BCUT2D eigenvalue weighted by molar-refractivity contribution is 6.01. The van der Waals surface area contributed by atoms with E-state index in [1.54, 1.807) is 18.7 Å². The molecule has 4 heterocycles. The fraction of sp³-hybridized carbons (Fsp3) is 0.462. The Balaban J connectivity index is 1.42. The summed E-state index contributed by atoms with van der Waals surface area (Å²) in [6, 6.07) is 7.82. The van der Waals surface area contributed by atoms with Gasteiger partial charge in [0.1, 0.15) is 6.10 Å². The van der Waals surface area contributed by atoms with Crippen molar-refractivity contribution < 1.29 is 23.5 Å². The van der Waals surface area contributed by atoms with Gasteiger partial charge in [0.2, 0.25) is 11.8 Å². The lowest BCUT2D eigenvalue weighted by molar-refractivity contribution is -0.131. The number of likely N-dealkylation sites (tertiary alicyclic amines) is 2. The first-order valence-corrected chi connectivity index (χ1v) is 12.2. The number of piperidine rings is 2. The van der Waals surface area contributed by atoms with Gasteiger partial charge < -0.3 is 23.9 Å². The molecule has 9 nitrogen and oxygen atoms in total. The van der Waals surface area contributed by atoms with Crippen molar-refractivity contribution in [1.29, 1.82) is 0 Å². The lowest BCUT2D eigenvalue weighted by Gasteiger charge is -2.30. The maximum atomic E-state index is 13.3. The maximum absolute atomic E-state index is 13.3. The lowest BCUT2D eigenvalue weighted by Crippen LogP contribution is -2.40. The van der Waals surface area contributed by atoms with E-state index < -0.39 is 5.97 Å². The fourth-order valence-corrected chi connectivity index (χ4v) is 5.03. The SMILES string of the molecule is CC(=O)N1CCC(OC(=O)c2nc(C3CCN(C(C)=O)CC3)oc2-c2c[nH]c3ccccc23)CC1. The van der Waals surface area contributed by atoms with E-state index in [9.17, 15) is 14.4 Å². The Morgan fingerprint density at radius 3 is 2.26 bits per heavy atom. The van der Waals surface area contributed by atoms with E-state index in [-0.39, 0.29) is 29.5 Å². The van der Waals surface area contributed by atoms with Crippen molar-refractivity contribution in [2.24, 2.45) is 0 Å². The molecular weight excluding hydrogens is 448 g/mol. The minimum Gasteiger partial charge on any atom is -0.457 e. The monoisotopic (exact) mass is 478 g/mol. The van der Waals surface area contributed by atoms with Gasteiger partial charge in [0, 0.05) is 81.4 Å². The zero-order valence-electron chi connectivity index (χ0n) is 20.1. The largest absolute Gasteiger partial charge is 0.457 e. The van der Waals surface area contributed by atoms with Crippen LogP contribution in [0.15, 0.2) is 34.9 Å². The van der Waals surface area contributed by atoms with Crippen LogP contribution in [0.5, 0.6) is 0 Å². The molecular formula is C26H30N4O5. The van der Waals surface area contributed by atoms with Crippen molar-refractivity contribution in [2.75, 3.05) is 26.2 Å². The predicted octanol–water partition coefficient (Wildman–Crippen LogP) is 3.72. The Kier molecular flexibility index (Phi) is 6.32. The summed E-state index contributed by atoms with van der Waals surface area (Å²) in [5.74, 6) is 0.519. The lowest BCUT2D eigenvalue weighted by atomic mass is 9.97. The Hall–Kier alpha value is -3.62. The molecule has 2 saturated heterocycles. The quantitative estimate of drug-likeness (QED) is 0.573. The summed E-state index contributed by atoms with van der Waals surface area (Å²) in [6.07, 6.45) is 4.21. The third-order valence-corrected chi connectivity index (χ3v) is 7.12. The van der Waals surface area contributed by atoms with Gasteiger partial charge in [0.15, 0.2) is 17.3 Å². The summed E-state index contributed by atoms with van der Waals surface area (Å²) in [4.78, 5) is 48.1. The average molecular weight is 479 g/mol. The number of oxazole rings is 1. The Morgan fingerprint density at radius 2 is 1.60 bits per heavy atom. The van der Waals surface area contributed by atoms with Crippen LogP contribution in [0.2, 0.25) is 0 Å². The number of ether oxygens (including phenoxy) is 1. The summed E-state index contributed by atoms with van der Waals surface area (Å²) >= 11 is 0. The fourth-order valence-electron chi connectivity index (χ4n) is 5.03.